The maximum absolute atomic E-state index is 12.9. The lowest BCUT2D eigenvalue weighted by atomic mass is 10.2. The zero-order valence-corrected chi connectivity index (χ0v) is 16.6. The molecule has 2 aromatic carbocycles. The molecule has 0 aromatic heterocycles. The van der Waals surface area contributed by atoms with Gasteiger partial charge in [-0.3, -0.25) is 9.69 Å². The fourth-order valence-corrected chi connectivity index (χ4v) is 3.67. The number of aromatic hydroxyl groups is 1. The Bertz CT molecular complexity index is 897. The minimum absolute atomic E-state index is 0.0265. The van der Waals surface area contributed by atoms with E-state index in [-0.39, 0.29) is 11.7 Å². The molecular formula is C21H22N2O4S. The average Bonchev–Trinajstić information content (AvgIpc) is 2.98. The van der Waals surface area contributed by atoms with Crippen molar-refractivity contribution in [3.63, 3.8) is 0 Å². The molecule has 0 aliphatic carbocycles. The molecule has 3 rings (SSSR count). The number of hydrogen-bond donors (Lipinski definition) is 1. The summed E-state index contributed by atoms with van der Waals surface area (Å²) >= 11 is 1.31. The first-order chi connectivity index (χ1) is 13.6. The number of nitrogens with zero attached hydrogens (tertiary/aromatic N) is 2. The predicted octanol–water partition coefficient (Wildman–Crippen LogP) is 4.04. The van der Waals surface area contributed by atoms with Crippen molar-refractivity contribution < 1.29 is 19.4 Å². The van der Waals surface area contributed by atoms with Crippen molar-refractivity contribution in [2.45, 2.75) is 6.92 Å². The highest BCUT2D eigenvalue weighted by molar-refractivity contribution is 8.18. The molecule has 146 valence electrons. The third kappa shape index (κ3) is 4.74. The van der Waals surface area contributed by atoms with Gasteiger partial charge in [-0.25, -0.2) is 4.99 Å². The van der Waals surface area contributed by atoms with Gasteiger partial charge in [0.05, 0.1) is 30.9 Å². The first-order valence-corrected chi connectivity index (χ1v) is 9.74. The van der Waals surface area contributed by atoms with Crippen molar-refractivity contribution in [1.82, 2.24) is 4.90 Å². The van der Waals surface area contributed by atoms with Crippen LogP contribution in [0, 0.1) is 0 Å². The Kier molecular flexibility index (Phi) is 6.73. The number of carbonyl (C=O) groups is 1. The van der Waals surface area contributed by atoms with Crippen molar-refractivity contribution in [1.29, 1.82) is 0 Å². The number of amides is 1. The zero-order chi connectivity index (χ0) is 19.9. The molecule has 6 nitrogen and oxygen atoms in total. The molecule has 1 amide bonds. The van der Waals surface area contributed by atoms with Gasteiger partial charge in [0.15, 0.2) is 16.7 Å². The van der Waals surface area contributed by atoms with E-state index < -0.39 is 0 Å². The maximum Gasteiger partial charge on any atom is 0.266 e. The number of methoxy groups -OCH3 is 1. The maximum atomic E-state index is 12.9. The fourth-order valence-electron chi connectivity index (χ4n) is 2.65. The summed E-state index contributed by atoms with van der Waals surface area (Å²) in [6.45, 7) is 3.37. The minimum atomic E-state index is -0.130. The van der Waals surface area contributed by atoms with E-state index in [0.29, 0.717) is 41.1 Å². The quantitative estimate of drug-likeness (QED) is 0.563. The number of benzene rings is 2. The molecule has 1 fully saturated rings. The van der Waals surface area contributed by atoms with Crippen LogP contribution in [0.4, 0.5) is 5.69 Å². The van der Waals surface area contributed by atoms with Crippen LogP contribution in [0.5, 0.6) is 11.5 Å². The summed E-state index contributed by atoms with van der Waals surface area (Å²) < 4.78 is 10.5. The van der Waals surface area contributed by atoms with E-state index in [9.17, 15) is 9.90 Å². The van der Waals surface area contributed by atoms with Crippen LogP contribution in [0.25, 0.3) is 6.08 Å². The SMILES string of the molecule is CCOCCN1C(=O)/C(=C\c2ccc(OC)c(O)c2)SC1=Nc1ccccc1. The number of hydrogen-bond acceptors (Lipinski definition) is 6. The summed E-state index contributed by atoms with van der Waals surface area (Å²) in [6.07, 6.45) is 1.74. The van der Waals surface area contributed by atoms with Gasteiger partial charge >= 0.3 is 0 Å². The second-order valence-electron chi connectivity index (χ2n) is 5.93. The molecule has 0 saturated carbocycles. The lowest BCUT2D eigenvalue weighted by Gasteiger charge is -2.15. The molecule has 1 N–H and O–H groups in total. The van der Waals surface area contributed by atoms with Crippen molar-refractivity contribution >= 4 is 34.6 Å². The summed E-state index contributed by atoms with van der Waals surface area (Å²) in [6, 6.07) is 14.5. The summed E-state index contributed by atoms with van der Waals surface area (Å²) in [5.74, 6) is 0.283. The third-order valence-corrected chi connectivity index (χ3v) is 5.04. The summed E-state index contributed by atoms with van der Waals surface area (Å²) in [5.41, 5.74) is 1.49. The number of aliphatic imine (C=N–C) groups is 1. The molecule has 1 saturated heterocycles. The standard InChI is InChI=1S/C21H22N2O4S/c1-3-27-12-11-23-20(25)19(14-15-9-10-18(26-2)17(24)13-15)28-21(23)22-16-7-5-4-6-8-16/h4-10,13-14,24H,3,11-12H2,1-2H3/b19-14+,22-21?. The van der Waals surface area contributed by atoms with Crippen molar-refractivity contribution in [2.75, 3.05) is 26.9 Å². The van der Waals surface area contributed by atoms with Crippen molar-refractivity contribution in [3.05, 3.63) is 59.0 Å². The number of phenols is 1. The monoisotopic (exact) mass is 398 g/mol. The van der Waals surface area contributed by atoms with Gasteiger partial charge < -0.3 is 14.6 Å². The van der Waals surface area contributed by atoms with Crippen LogP contribution < -0.4 is 4.74 Å². The Hall–Kier alpha value is -2.77. The number of carbonyl (C=O) groups excluding carboxylic acids is 1. The Labute approximate surface area is 168 Å². The molecule has 0 radical (unpaired) electrons. The fraction of sp³-hybridized carbons (Fsp3) is 0.238. The van der Waals surface area contributed by atoms with Crippen LogP contribution in [0.1, 0.15) is 12.5 Å². The summed E-state index contributed by atoms with van der Waals surface area (Å²) in [4.78, 5) is 19.7. The second kappa shape index (κ2) is 9.43. The third-order valence-electron chi connectivity index (χ3n) is 4.03. The smallest absolute Gasteiger partial charge is 0.266 e. The molecule has 0 spiro atoms. The van der Waals surface area contributed by atoms with Gasteiger partial charge in [0.1, 0.15) is 0 Å². The molecule has 2 aromatic rings. The first-order valence-electron chi connectivity index (χ1n) is 8.92. The van der Waals surface area contributed by atoms with Gasteiger partial charge in [0, 0.05) is 6.61 Å². The summed E-state index contributed by atoms with van der Waals surface area (Å²) in [5, 5.41) is 10.6. The number of rotatable bonds is 7. The zero-order valence-electron chi connectivity index (χ0n) is 15.8. The number of para-hydroxylation sites is 1. The Morgan fingerprint density at radius 3 is 2.68 bits per heavy atom. The van der Waals surface area contributed by atoms with Gasteiger partial charge in [-0.2, -0.15) is 0 Å². The van der Waals surface area contributed by atoms with E-state index in [1.54, 1.807) is 29.2 Å². The van der Waals surface area contributed by atoms with E-state index in [1.807, 2.05) is 37.3 Å². The number of amidine groups is 1. The van der Waals surface area contributed by atoms with Crippen LogP contribution in [0.15, 0.2) is 58.4 Å². The van der Waals surface area contributed by atoms with E-state index in [4.69, 9.17) is 9.47 Å². The van der Waals surface area contributed by atoms with Crippen molar-refractivity contribution in [3.8, 4) is 11.5 Å². The molecule has 1 aliphatic heterocycles. The topological polar surface area (TPSA) is 71.4 Å². The molecule has 0 bridgehead atoms. The van der Waals surface area contributed by atoms with Gasteiger partial charge in [0.2, 0.25) is 0 Å². The Balaban J connectivity index is 1.89. The van der Waals surface area contributed by atoms with Crippen LogP contribution in [-0.2, 0) is 9.53 Å². The number of phenolic OH excluding ortho intramolecular Hbond substituents is 1. The number of ether oxygens (including phenoxy) is 2. The van der Waals surface area contributed by atoms with Gasteiger partial charge in [0.25, 0.3) is 5.91 Å². The van der Waals surface area contributed by atoms with Crippen LogP contribution in [0.2, 0.25) is 0 Å². The highest BCUT2D eigenvalue weighted by Gasteiger charge is 2.33. The van der Waals surface area contributed by atoms with Gasteiger partial charge in [-0.1, -0.05) is 24.3 Å². The van der Waals surface area contributed by atoms with E-state index in [2.05, 4.69) is 4.99 Å². The molecule has 28 heavy (non-hydrogen) atoms. The van der Waals surface area contributed by atoms with Crippen LogP contribution in [-0.4, -0.2) is 47.9 Å². The van der Waals surface area contributed by atoms with Gasteiger partial charge in [-0.05, 0) is 54.6 Å². The van der Waals surface area contributed by atoms with Gasteiger partial charge in [-0.15, -0.1) is 0 Å². The lowest BCUT2D eigenvalue weighted by Crippen LogP contribution is -2.32. The second-order valence-corrected chi connectivity index (χ2v) is 6.93. The largest absolute Gasteiger partial charge is 0.504 e. The van der Waals surface area contributed by atoms with E-state index >= 15 is 0 Å². The number of thioether (sulfide) groups is 1. The normalized spacial score (nSPS) is 16.9. The van der Waals surface area contributed by atoms with E-state index in [1.165, 1.54) is 18.9 Å². The van der Waals surface area contributed by atoms with Crippen molar-refractivity contribution in [2.24, 2.45) is 4.99 Å². The first kappa shape index (κ1) is 20.0. The molecular weight excluding hydrogens is 376 g/mol. The van der Waals surface area contributed by atoms with Crippen LogP contribution in [0.3, 0.4) is 0 Å². The summed E-state index contributed by atoms with van der Waals surface area (Å²) in [7, 11) is 1.49. The average molecular weight is 398 g/mol. The Morgan fingerprint density at radius 1 is 1.21 bits per heavy atom. The minimum Gasteiger partial charge on any atom is -0.504 e. The predicted molar refractivity (Wildman–Crippen MR) is 112 cm³/mol. The molecule has 1 heterocycles. The highest BCUT2D eigenvalue weighted by Crippen LogP contribution is 2.35. The van der Waals surface area contributed by atoms with Crippen LogP contribution >= 0.6 is 11.8 Å². The molecule has 0 unspecified atom stereocenters. The lowest BCUT2D eigenvalue weighted by molar-refractivity contribution is -0.122. The molecule has 7 heteroatoms. The Morgan fingerprint density at radius 2 is 2.00 bits per heavy atom. The molecule has 0 atom stereocenters. The van der Waals surface area contributed by atoms with E-state index in [0.717, 1.165) is 5.69 Å². The molecule has 1 aliphatic rings. The highest BCUT2D eigenvalue weighted by atomic mass is 32.2.